The zero-order valence-corrected chi connectivity index (χ0v) is 10.7. The van der Waals surface area contributed by atoms with Crippen LogP contribution in [-0.2, 0) is 6.54 Å². The molecule has 0 N–H and O–H groups in total. The summed E-state index contributed by atoms with van der Waals surface area (Å²) in [5, 5.41) is 4.71. The zero-order valence-electron chi connectivity index (χ0n) is 9.15. The summed E-state index contributed by atoms with van der Waals surface area (Å²) in [7, 11) is 0. The lowest BCUT2D eigenvalue weighted by molar-refractivity contribution is 0.102. The Kier molecular flexibility index (Phi) is 3.50. The van der Waals surface area contributed by atoms with E-state index in [-0.39, 0.29) is 10.8 Å². The monoisotopic (exact) mass is 268 g/mol. The Hall–Kier alpha value is -1.32. The van der Waals surface area contributed by atoms with E-state index in [1.165, 1.54) is 0 Å². The first kappa shape index (κ1) is 12.1. The van der Waals surface area contributed by atoms with Crippen molar-refractivity contribution in [2.45, 2.75) is 13.5 Å². The third-order valence-electron chi connectivity index (χ3n) is 2.44. The molecule has 0 saturated carbocycles. The lowest BCUT2D eigenvalue weighted by atomic mass is 10.1. The number of nitrogens with zero attached hydrogens (tertiary/aromatic N) is 2. The van der Waals surface area contributed by atoms with E-state index in [0.717, 1.165) is 0 Å². The topological polar surface area (TPSA) is 34.9 Å². The van der Waals surface area contributed by atoms with Crippen molar-refractivity contribution < 1.29 is 4.79 Å². The predicted octanol–water partition coefficient (Wildman–Crippen LogP) is 3.44. The Morgan fingerprint density at radius 3 is 2.82 bits per heavy atom. The van der Waals surface area contributed by atoms with E-state index in [1.807, 2.05) is 6.92 Å². The number of carbonyl (C=O) groups is 1. The molecule has 0 radical (unpaired) electrons. The Morgan fingerprint density at radius 1 is 1.35 bits per heavy atom. The van der Waals surface area contributed by atoms with Gasteiger partial charge >= 0.3 is 0 Å². The molecule has 2 aromatic rings. The van der Waals surface area contributed by atoms with E-state index in [2.05, 4.69) is 5.10 Å². The highest BCUT2D eigenvalue weighted by atomic mass is 35.5. The van der Waals surface area contributed by atoms with Crippen LogP contribution in [0.1, 0.15) is 23.0 Å². The fourth-order valence-electron chi connectivity index (χ4n) is 1.59. The average Bonchev–Trinajstić information content (AvgIpc) is 2.80. The van der Waals surface area contributed by atoms with Crippen molar-refractivity contribution in [2.75, 3.05) is 0 Å². The first-order valence-electron chi connectivity index (χ1n) is 5.15. The fraction of sp³-hybridized carbons (Fsp3) is 0.167. The van der Waals surface area contributed by atoms with Gasteiger partial charge in [-0.3, -0.25) is 9.48 Å². The van der Waals surface area contributed by atoms with Gasteiger partial charge in [0.15, 0.2) is 0 Å². The van der Waals surface area contributed by atoms with E-state index in [9.17, 15) is 4.79 Å². The van der Waals surface area contributed by atoms with Crippen LogP contribution in [0.5, 0.6) is 0 Å². The fourth-order valence-corrected chi connectivity index (χ4v) is 1.98. The van der Waals surface area contributed by atoms with Gasteiger partial charge in [0, 0.05) is 18.3 Å². The second-order valence-electron chi connectivity index (χ2n) is 3.46. The maximum Gasteiger partial charge on any atom is 0.212 e. The molecule has 0 aliphatic rings. The molecule has 2 rings (SSSR count). The summed E-state index contributed by atoms with van der Waals surface area (Å²) in [6, 6.07) is 6.68. The number of carbonyl (C=O) groups excluding carboxylic acids is 1. The minimum Gasteiger partial charge on any atom is -0.287 e. The van der Waals surface area contributed by atoms with Crippen molar-refractivity contribution >= 4 is 29.0 Å². The van der Waals surface area contributed by atoms with E-state index >= 15 is 0 Å². The first-order chi connectivity index (χ1) is 8.15. The van der Waals surface area contributed by atoms with Gasteiger partial charge in [0.25, 0.3) is 0 Å². The quantitative estimate of drug-likeness (QED) is 0.800. The summed E-state index contributed by atoms with van der Waals surface area (Å²) in [5.41, 5.74) is 0.908. The van der Waals surface area contributed by atoms with Gasteiger partial charge in [0.05, 0.1) is 10.0 Å². The summed E-state index contributed by atoms with van der Waals surface area (Å²) < 4.78 is 1.62. The van der Waals surface area contributed by atoms with Crippen LogP contribution in [0.15, 0.2) is 30.5 Å². The molecule has 0 bridgehead atoms. The standard InChI is InChI=1S/C12H10Cl2N2O/c1-2-16-10(6-7-15-16)12(17)8-4-3-5-9(13)11(8)14/h3-7H,2H2,1H3. The molecule has 0 saturated heterocycles. The van der Waals surface area contributed by atoms with E-state index < -0.39 is 0 Å². The van der Waals surface area contributed by atoms with Crippen LogP contribution in [0, 0.1) is 0 Å². The second-order valence-corrected chi connectivity index (χ2v) is 4.25. The molecule has 0 spiro atoms. The predicted molar refractivity (Wildman–Crippen MR) is 67.8 cm³/mol. The Labute approximate surface area is 109 Å². The second kappa shape index (κ2) is 4.90. The maximum absolute atomic E-state index is 12.3. The highest BCUT2D eigenvalue weighted by molar-refractivity contribution is 6.44. The van der Waals surface area contributed by atoms with Crippen molar-refractivity contribution in [3.63, 3.8) is 0 Å². The van der Waals surface area contributed by atoms with Crippen LogP contribution >= 0.6 is 23.2 Å². The maximum atomic E-state index is 12.3. The molecule has 1 heterocycles. The van der Waals surface area contributed by atoms with Crippen molar-refractivity contribution in [3.8, 4) is 0 Å². The van der Waals surface area contributed by atoms with Crippen LogP contribution in [0.3, 0.4) is 0 Å². The summed E-state index contributed by atoms with van der Waals surface area (Å²) in [5.74, 6) is -0.170. The Bertz CT molecular complexity index is 563. The molecule has 0 atom stereocenters. The van der Waals surface area contributed by atoms with Gasteiger partial charge in [-0.05, 0) is 25.1 Å². The minimum absolute atomic E-state index is 0.170. The normalized spacial score (nSPS) is 10.5. The minimum atomic E-state index is -0.170. The summed E-state index contributed by atoms with van der Waals surface area (Å²) >= 11 is 11.9. The van der Waals surface area contributed by atoms with Gasteiger partial charge in [-0.15, -0.1) is 0 Å². The van der Waals surface area contributed by atoms with Crippen LogP contribution in [0.25, 0.3) is 0 Å². The molecule has 0 fully saturated rings. The van der Waals surface area contributed by atoms with Crippen molar-refractivity contribution in [1.29, 1.82) is 0 Å². The molecule has 0 unspecified atom stereocenters. The molecule has 88 valence electrons. The third-order valence-corrected chi connectivity index (χ3v) is 3.26. The molecular formula is C12H10Cl2N2O. The van der Waals surface area contributed by atoms with Crippen molar-refractivity contribution in [1.82, 2.24) is 9.78 Å². The molecule has 5 heteroatoms. The molecule has 0 aliphatic carbocycles. The average molecular weight is 269 g/mol. The number of hydrogen-bond donors (Lipinski definition) is 0. The van der Waals surface area contributed by atoms with Crippen LogP contribution < -0.4 is 0 Å². The first-order valence-corrected chi connectivity index (χ1v) is 5.91. The van der Waals surface area contributed by atoms with Gasteiger partial charge in [0.1, 0.15) is 5.69 Å². The van der Waals surface area contributed by atoms with E-state index in [1.54, 1.807) is 35.1 Å². The molecule has 0 aliphatic heterocycles. The third kappa shape index (κ3) is 2.21. The van der Waals surface area contributed by atoms with E-state index in [4.69, 9.17) is 23.2 Å². The van der Waals surface area contributed by atoms with Gasteiger partial charge in [-0.2, -0.15) is 5.10 Å². The summed E-state index contributed by atoms with van der Waals surface area (Å²) in [6.07, 6.45) is 1.59. The molecule has 1 aromatic heterocycles. The van der Waals surface area contributed by atoms with Crippen LogP contribution in [0.4, 0.5) is 0 Å². The van der Waals surface area contributed by atoms with Gasteiger partial charge < -0.3 is 0 Å². The molecular weight excluding hydrogens is 259 g/mol. The summed E-state index contributed by atoms with van der Waals surface area (Å²) in [4.78, 5) is 12.3. The Balaban J connectivity index is 2.48. The number of hydrogen-bond acceptors (Lipinski definition) is 2. The molecule has 17 heavy (non-hydrogen) atoms. The van der Waals surface area contributed by atoms with Crippen LogP contribution in [0.2, 0.25) is 10.0 Å². The number of aryl methyl sites for hydroxylation is 1. The van der Waals surface area contributed by atoms with Gasteiger partial charge in [0.2, 0.25) is 5.78 Å². The number of halogens is 2. The number of ketones is 1. The van der Waals surface area contributed by atoms with Crippen molar-refractivity contribution in [3.05, 3.63) is 51.8 Å². The van der Waals surface area contributed by atoms with Gasteiger partial charge in [-0.1, -0.05) is 29.3 Å². The Morgan fingerprint density at radius 2 is 2.12 bits per heavy atom. The number of benzene rings is 1. The molecule has 1 aromatic carbocycles. The molecule has 3 nitrogen and oxygen atoms in total. The lowest BCUT2D eigenvalue weighted by Crippen LogP contribution is -2.11. The van der Waals surface area contributed by atoms with E-state index in [0.29, 0.717) is 22.8 Å². The van der Waals surface area contributed by atoms with Gasteiger partial charge in [-0.25, -0.2) is 0 Å². The largest absolute Gasteiger partial charge is 0.287 e. The molecule has 0 amide bonds. The number of rotatable bonds is 3. The lowest BCUT2D eigenvalue weighted by Gasteiger charge is -2.06. The highest BCUT2D eigenvalue weighted by Gasteiger charge is 2.17. The smallest absolute Gasteiger partial charge is 0.212 e. The summed E-state index contributed by atoms with van der Waals surface area (Å²) in [6.45, 7) is 2.55. The van der Waals surface area contributed by atoms with Crippen molar-refractivity contribution in [2.24, 2.45) is 0 Å². The zero-order chi connectivity index (χ0) is 12.4. The highest BCUT2D eigenvalue weighted by Crippen LogP contribution is 2.27. The SMILES string of the molecule is CCn1nccc1C(=O)c1cccc(Cl)c1Cl. The van der Waals surface area contributed by atoms with Crippen LogP contribution in [-0.4, -0.2) is 15.6 Å². The number of aromatic nitrogens is 2.